The number of carbonyl (C=O) groups excluding carboxylic acids is 2. The summed E-state index contributed by atoms with van der Waals surface area (Å²) in [5, 5.41) is 13.9. The van der Waals surface area contributed by atoms with Gasteiger partial charge in [0.25, 0.3) is 0 Å². The number of rotatable bonds is 6. The van der Waals surface area contributed by atoms with E-state index in [4.69, 9.17) is 14.6 Å². The molecule has 7 heteroatoms. The molecule has 3 N–H and O–H groups in total. The number of nitrogens with one attached hydrogen (secondary N) is 2. The second kappa shape index (κ2) is 7.88. The van der Waals surface area contributed by atoms with Gasteiger partial charge in [-0.3, -0.25) is 9.59 Å². The van der Waals surface area contributed by atoms with Crippen molar-refractivity contribution in [1.82, 2.24) is 5.32 Å². The maximum absolute atomic E-state index is 11.9. The monoisotopic (exact) mass is 308 g/mol. The number of hydrogen-bond acceptors (Lipinski definition) is 5. The first-order valence-corrected chi connectivity index (χ1v) is 7.12. The average molecular weight is 308 g/mol. The minimum absolute atomic E-state index is 0.107. The number of benzene rings is 1. The zero-order valence-corrected chi connectivity index (χ0v) is 12.2. The van der Waals surface area contributed by atoms with Gasteiger partial charge in [0.1, 0.15) is 5.60 Å². The molecule has 1 aliphatic heterocycles. The number of aliphatic hydroxyl groups excluding tert-OH is 1. The van der Waals surface area contributed by atoms with Crippen molar-refractivity contribution < 1.29 is 24.2 Å². The molecule has 1 atom stereocenters. The Labute approximate surface area is 128 Å². The smallest absolute Gasteiger partial charge is 0.313 e. The summed E-state index contributed by atoms with van der Waals surface area (Å²) in [5.41, 5.74) is -0.121. The molecular formula is C15H20N2O5. The van der Waals surface area contributed by atoms with Crippen molar-refractivity contribution in [3.8, 4) is 0 Å². The van der Waals surface area contributed by atoms with Crippen LogP contribution in [0.25, 0.3) is 0 Å². The maximum atomic E-state index is 11.9. The Bertz CT molecular complexity index is 500. The van der Waals surface area contributed by atoms with Crippen LogP contribution < -0.4 is 10.6 Å². The second-order valence-electron chi connectivity index (χ2n) is 5.06. The maximum Gasteiger partial charge on any atom is 0.313 e. The molecule has 1 aromatic rings. The van der Waals surface area contributed by atoms with E-state index in [1.165, 1.54) is 0 Å². The van der Waals surface area contributed by atoms with E-state index in [-0.39, 0.29) is 19.8 Å². The fraction of sp³-hybridized carbons (Fsp3) is 0.467. The van der Waals surface area contributed by atoms with Crippen LogP contribution in [0, 0.1) is 0 Å². The first-order chi connectivity index (χ1) is 10.7. The molecule has 0 saturated carbocycles. The Morgan fingerprint density at radius 1 is 1.27 bits per heavy atom. The Morgan fingerprint density at radius 3 is 2.68 bits per heavy atom. The standard InChI is InChI=1S/C15H20N2O5/c18-7-9-22-15(6-8-21-11-15)10-16-13(19)14(20)17-12-4-2-1-3-5-12/h1-5,18H,6-11H2,(H,16,19)(H,17,20). The summed E-state index contributed by atoms with van der Waals surface area (Å²) < 4.78 is 10.9. The summed E-state index contributed by atoms with van der Waals surface area (Å²) >= 11 is 0. The Morgan fingerprint density at radius 2 is 2.05 bits per heavy atom. The molecule has 2 rings (SSSR count). The Kier molecular flexibility index (Phi) is 5.88. The van der Waals surface area contributed by atoms with Crippen LogP contribution in [-0.2, 0) is 19.1 Å². The van der Waals surface area contributed by atoms with E-state index in [2.05, 4.69) is 10.6 Å². The van der Waals surface area contributed by atoms with Gasteiger partial charge in [-0.05, 0) is 12.1 Å². The van der Waals surface area contributed by atoms with Gasteiger partial charge in [-0.15, -0.1) is 0 Å². The topological polar surface area (TPSA) is 96.9 Å². The largest absolute Gasteiger partial charge is 0.394 e. The van der Waals surface area contributed by atoms with Crippen LogP contribution in [0.5, 0.6) is 0 Å². The van der Waals surface area contributed by atoms with E-state index >= 15 is 0 Å². The van der Waals surface area contributed by atoms with Gasteiger partial charge >= 0.3 is 11.8 Å². The molecule has 0 aliphatic carbocycles. The van der Waals surface area contributed by atoms with Crippen molar-refractivity contribution >= 4 is 17.5 Å². The first kappa shape index (κ1) is 16.4. The summed E-state index contributed by atoms with van der Waals surface area (Å²) in [6, 6.07) is 8.74. The molecule has 0 aromatic heterocycles. The molecule has 1 aromatic carbocycles. The van der Waals surface area contributed by atoms with Crippen molar-refractivity contribution in [1.29, 1.82) is 0 Å². The number of carbonyl (C=O) groups is 2. The molecule has 0 spiro atoms. The van der Waals surface area contributed by atoms with Crippen molar-refractivity contribution in [3.63, 3.8) is 0 Å². The van der Waals surface area contributed by atoms with Crippen molar-refractivity contribution in [3.05, 3.63) is 30.3 Å². The molecule has 0 bridgehead atoms. The van der Waals surface area contributed by atoms with E-state index in [0.717, 1.165) is 0 Å². The summed E-state index contributed by atoms with van der Waals surface area (Å²) in [6.45, 7) is 1.07. The number of aliphatic hydroxyl groups is 1. The van der Waals surface area contributed by atoms with Gasteiger partial charge in [-0.2, -0.15) is 0 Å². The van der Waals surface area contributed by atoms with E-state index in [1.54, 1.807) is 24.3 Å². The highest BCUT2D eigenvalue weighted by Gasteiger charge is 2.36. The molecular weight excluding hydrogens is 288 g/mol. The van der Waals surface area contributed by atoms with Gasteiger partial charge in [0.15, 0.2) is 0 Å². The van der Waals surface area contributed by atoms with Gasteiger partial charge in [-0.1, -0.05) is 18.2 Å². The van der Waals surface area contributed by atoms with Crippen molar-refractivity contribution in [2.75, 3.05) is 38.3 Å². The lowest BCUT2D eigenvalue weighted by Crippen LogP contribution is -2.48. The number of para-hydroxylation sites is 1. The molecule has 1 heterocycles. The van der Waals surface area contributed by atoms with Gasteiger partial charge in [0.05, 0.1) is 19.8 Å². The lowest BCUT2D eigenvalue weighted by atomic mass is 10.0. The Balaban J connectivity index is 1.84. The molecule has 120 valence electrons. The Hall–Kier alpha value is -1.96. The zero-order valence-electron chi connectivity index (χ0n) is 12.2. The summed E-state index contributed by atoms with van der Waals surface area (Å²) in [4.78, 5) is 23.7. The summed E-state index contributed by atoms with van der Waals surface area (Å²) in [7, 11) is 0. The molecule has 1 aliphatic rings. The molecule has 0 radical (unpaired) electrons. The van der Waals surface area contributed by atoms with Crippen LogP contribution in [0.1, 0.15) is 6.42 Å². The molecule has 2 amide bonds. The van der Waals surface area contributed by atoms with Gasteiger partial charge in [-0.25, -0.2) is 0 Å². The zero-order chi connectivity index (χ0) is 15.8. The summed E-state index contributed by atoms with van der Waals surface area (Å²) in [6.07, 6.45) is 0.605. The first-order valence-electron chi connectivity index (χ1n) is 7.12. The second-order valence-corrected chi connectivity index (χ2v) is 5.06. The lowest BCUT2D eigenvalue weighted by Gasteiger charge is -2.27. The number of anilines is 1. The highest BCUT2D eigenvalue weighted by molar-refractivity contribution is 6.39. The summed E-state index contributed by atoms with van der Waals surface area (Å²) in [5.74, 6) is -1.47. The highest BCUT2D eigenvalue weighted by atomic mass is 16.6. The van der Waals surface area contributed by atoms with Gasteiger partial charge in [0, 0.05) is 25.3 Å². The van der Waals surface area contributed by atoms with Crippen molar-refractivity contribution in [2.24, 2.45) is 0 Å². The van der Waals surface area contributed by atoms with E-state index < -0.39 is 17.4 Å². The van der Waals surface area contributed by atoms with Crippen LogP contribution in [0.15, 0.2) is 30.3 Å². The minimum atomic E-state index is -0.734. The van der Waals surface area contributed by atoms with Gasteiger partial charge < -0.3 is 25.2 Å². The van der Waals surface area contributed by atoms with E-state index in [9.17, 15) is 9.59 Å². The highest BCUT2D eigenvalue weighted by Crippen LogP contribution is 2.22. The third-order valence-electron chi connectivity index (χ3n) is 3.38. The quantitative estimate of drug-likeness (QED) is 0.638. The molecule has 1 unspecified atom stereocenters. The lowest BCUT2D eigenvalue weighted by molar-refractivity contribution is -0.137. The van der Waals surface area contributed by atoms with Crippen LogP contribution in [0.4, 0.5) is 5.69 Å². The van der Waals surface area contributed by atoms with Crippen LogP contribution in [-0.4, -0.2) is 55.5 Å². The number of amides is 2. The normalized spacial score (nSPS) is 20.6. The molecule has 1 saturated heterocycles. The van der Waals surface area contributed by atoms with Crippen LogP contribution >= 0.6 is 0 Å². The van der Waals surface area contributed by atoms with E-state index in [1.807, 2.05) is 6.07 Å². The third kappa shape index (κ3) is 4.52. The van der Waals surface area contributed by atoms with Gasteiger partial charge in [0.2, 0.25) is 0 Å². The van der Waals surface area contributed by atoms with Crippen LogP contribution in [0.3, 0.4) is 0 Å². The molecule has 22 heavy (non-hydrogen) atoms. The van der Waals surface area contributed by atoms with Crippen LogP contribution in [0.2, 0.25) is 0 Å². The fourth-order valence-corrected chi connectivity index (χ4v) is 2.19. The number of ether oxygens (including phenoxy) is 2. The molecule has 1 fully saturated rings. The predicted octanol–water partition coefficient (Wildman–Crippen LogP) is -0.0907. The van der Waals surface area contributed by atoms with Crippen molar-refractivity contribution in [2.45, 2.75) is 12.0 Å². The average Bonchev–Trinajstić information content (AvgIpc) is 3.01. The predicted molar refractivity (Wildman–Crippen MR) is 79.3 cm³/mol. The minimum Gasteiger partial charge on any atom is -0.394 e. The van der Waals surface area contributed by atoms with E-state index in [0.29, 0.717) is 25.3 Å². The SMILES string of the molecule is O=C(NCC1(OCCO)CCOC1)C(=O)Nc1ccccc1. The number of hydrogen-bond donors (Lipinski definition) is 3. The molecule has 7 nitrogen and oxygen atoms in total. The third-order valence-corrected chi connectivity index (χ3v) is 3.38. The fourth-order valence-electron chi connectivity index (χ4n) is 2.19.